The molecule has 0 saturated heterocycles. The highest BCUT2D eigenvalue weighted by molar-refractivity contribution is 5.81. The van der Waals surface area contributed by atoms with Gasteiger partial charge in [0.15, 0.2) is 0 Å². The molecule has 0 aromatic carbocycles. The van der Waals surface area contributed by atoms with Crippen molar-refractivity contribution in [3.05, 3.63) is 12.2 Å². The quantitative estimate of drug-likeness (QED) is 0.414. The first-order valence-electron chi connectivity index (χ1n) is 2.93. The van der Waals surface area contributed by atoms with Gasteiger partial charge in [-0.15, -0.1) is 0 Å². The number of carbonyl (C=O) groups is 1. The van der Waals surface area contributed by atoms with Crippen LogP contribution in [0, 0.1) is 5.92 Å². The van der Waals surface area contributed by atoms with Crippen LogP contribution >= 0.6 is 0 Å². The molecule has 0 spiro atoms. The number of carbonyl (C=O) groups excluding carboxylic acids is 1. The van der Waals surface area contributed by atoms with Gasteiger partial charge >= 0.3 is 5.97 Å². The largest absolute Gasteiger partial charge is 0.466 e. The van der Waals surface area contributed by atoms with Gasteiger partial charge in [-0.2, -0.15) is 0 Å². The lowest BCUT2D eigenvalue weighted by Gasteiger charge is -1.92. The Morgan fingerprint density at radius 3 is 2.44 bits per heavy atom. The van der Waals surface area contributed by atoms with E-state index in [1.807, 2.05) is 13.8 Å². The summed E-state index contributed by atoms with van der Waals surface area (Å²) in [6, 6.07) is 0. The number of ether oxygens (including phenoxy) is 1. The Hall–Kier alpha value is -0.790. The lowest BCUT2D eigenvalue weighted by Crippen LogP contribution is -1.94. The summed E-state index contributed by atoms with van der Waals surface area (Å²) in [6.07, 6.45) is 3.23. The van der Waals surface area contributed by atoms with Gasteiger partial charge in [0.25, 0.3) is 0 Å². The van der Waals surface area contributed by atoms with Crippen molar-refractivity contribution in [2.24, 2.45) is 5.92 Å². The fraction of sp³-hybridized carbons (Fsp3) is 0.571. The maximum absolute atomic E-state index is 10.4. The van der Waals surface area contributed by atoms with Gasteiger partial charge in [0.05, 0.1) is 7.11 Å². The second-order valence-electron chi connectivity index (χ2n) is 2.13. The van der Waals surface area contributed by atoms with Crippen LogP contribution in [-0.4, -0.2) is 13.1 Å². The zero-order chi connectivity index (χ0) is 7.28. The van der Waals surface area contributed by atoms with Gasteiger partial charge in [-0.25, -0.2) is 4.79 Å². The van der Waals surface area contributed by atoms with Crippen LogP contribution in [0.2, 0.25) is 0 Å². The second-order valence-corrected chi connectivity index (χ2v) is 2.13. The summed E-state index contributed by atoms with van der Waals surface area (Å²) in [6.45, 7) is 4.00. The summed E-state index contributed by atoms with van der Waals surface area (Å²) < 4.78 is 4.37. The molecule has 0 radical (unpaired) electrons. The number of hydrogen-bond acceptors (Lipinski definition) is 2. The van der Waals surface area contributed by atoms with Gasteiger partial charge in [-0.1, -0.05) is 19.9 Å². The molecule has 0 aliphatic rings. The van der Waals surface area contributed by atoms with Crippen molar-refractivity contribution in [2.75, 3.05) is 7.11 Å². The van der Waals surface area contributed by atoms with E-state index in [4.69, 9.17) is 0 Å². The van der Waals surface area contributed by atoms with Crippen LogP contribution in [0.5, 0.6) is 0 Å². The Morgan fingerprint density at radius 1 is 1.56 bits per heavy atom. The smallest absolute Gasteiger partial charge is 0.330 e. The molecule has 0 aromatic rings. The third-order valence-electron chi connectivity index (χ3n) is 0.818. The van der Waals surface area contributed by atoms with Crippen LogP contribution in [0.1, 0.15) is 13.8 Å². The van der Waals surface area contributed by atoms with Crippen molar-refractivity contribution in [1.29, 1.82) is 0 Å². The maximum Gasteiger partial charge on any atom is 0.330 e. The molecule has 9 heavy (non-hydrogen) atoms. The van der Waals surface area contributed by atoms with Crippen molar-refractivity contribution in [3.8, 4) is 0 Å². The van der Waals surface area contributed by atoms with E-state index in [-0.39, 0.29) is 5.97 Å². The summed E-state index contributed by atoms with van der Waals surface area (Å²) in [5.74, 6) is 0.118. The van der Waals surface area contributed by atoms with Gasteiger partial charge in [0, 0.05) is 6.08 Å². The molecule has 52 valence electrons. The predicted molar refractivity (Wildman–Crippen MR) is 36.0 cm³/mol. The van der Waals surface area contributed by atoms with E-state index in [1.54, 1.807) is 6.08 Å². The average molecular weight is 128 g/mol. The zero-order valence-electron chi connectivity index (χ0n) is 6.05. The Labute approximate surface area is 55.5 Å². The Balaban J connectivity index is 3.57. The van der Waals surface area contributed by atoms with Crippen molar-refractivity contribution in [2.45, 2.75) is 13.8 Å². The molecule has 0 saturated carbocycles. The SMILES string of the molecule is COC(=O)/C=C\C(C)C. The van der Waals surface area contributed by atoms with E-state index in [1.165, 1.54) is 13.2 Å². The minimum atomic E-state index is -0.288. The molecule has 0 aliphatic heterocycles. The fourth-order valence-electron chi connectivity index (χ4n) is 0.339. The highest BCUT2D eigenvalue weighted by Gasteiger charge is 1.90. The van der Waals surface area contributed by atoms with Crippen LogP contribution in [-0.2, 0) is 9.53 Å². The van der Waals surface area contributed by atoms with Crippen LogP contribution < -0.4 is 0 Å². The summed E-state index contributed by atoms with van der Waals surface area (Å²) in [5, 5.41) is 0. The second kappa shape index (κ2) is 4.13. The van der Waals surface area contributed by atoms with Gasteiger partial charge in [0.1, 0.15) is 0 Å². The first kappa shape index (κ1) is 8.21. The average Bonchev–Trinajstić information content (AvgIpc) is 1.83. The standard InChI is InChI=1S/C7H12O2/c1-6(2)4-5-7(8)9-3/h4-6H,1-3H3/b5-4-. The van der Waals surface area contributed by atoms with E-state index in [0.29, 0.717) is 5.92 Å². The number of methoxy groups -OCH3 is 1. The molecule has 0 unspecified atom stereocenters. The van der Waals surface area contributed by atoms with Crippen molar-refractivity contribution < 1.29 is 9.53 Å². The fourth-order valence-corrected chi connectivity index (χ4v) is 0.339. The molecule has 0 N–H and O–H groups in total. The van der Waals surface area contributed by atoms with Crippen LogP contribution in [0.4, 0.5) is 0 Å². The van der Waals surface area contributed by atoms with E-state index in [0.717, 1.165) is 0 Å². The lowest BCUT2D eigenvalue weighted by molar-refractivity contribution is -0.134. The summed E-state index contributed by atoms with van der Waals surface area (Å²) >= 11 is 0. The summed E-state index contributed by atoms with van der Waals surface area (Å²) in [5.41, 5.74) is 0. The first-order chi connectivity index (χ1) is 4.16. The van der Waals surface area contributed by atoms with Crippen LogP contribution in [0.3, 0.4) is 0 Å². The zero-order valence-corrected chi connectivity index (χ0v) is 6.05. The molecule has 2 heteroatoms. The van der Waals surface area contributed by atoms with Crippen LogP contribution in [0.25, 0.3) is 0 Å². The third kappa shape index (κ3) is 5.07. The molecule has 0 amide bonds. The predicted octanol–water partition coefficient (Wildman–Crippen LogP) is 1.37. The van der Waals surface area contributed by atoms with Gasteiger partial charge in [-0.05, 0) is 5.92 Å². The van der Waals surface area contributed by atoms with Crippen molar-refractivity contribution >= 4 is 5.97 Å². The third-order valence-corrected chi connectivity index (χ3v) is 0.818. The summed E-state index contributed by atoms with van der Waals surface area (Å²) in [7, 11) is 1.37. The molecule has 0 aromatic heterocycles. The molecule has 0 aliphatic carbocycles. The Kier molecular flexibility index (Phi) is 3.76. The number of hydrogen-bond donors (Lipinski definition) is 0. The van der Waals surface area contributed by atoms with E-state index in [2.05, 4.69) is 4.74 Å². The first-order valence-corrected chi connectivity index (χ1v) is 2.93. The minimum absolute atomic E-state index is 0.288. The molecule has 0 fully saturated rings. The molecule has 0 heterocycles. The van der Waals surface area contributed by atoms with Gasteiger partial charge in [-0.3, -0.25) is 0 Å². The molecular formula is C7H12O2. The molecule has 0 bridgehead atoms. The molecular weight excluding hydrogens is 116 g/mol. The monoisotopic (exact) mass is 128 g/mol. The highest BCUT2D eigenvalue weighted by Crippen LogP contribution is 1.92. The van der Waals surface area contributed by atoms with E-state index < -0.39 is 0 Å². The highest BCUT2D eigenvalue weighted by atomic mass is 16.5. The maximum atomic E-state index is 10.4. The molecule has 0 rings (SSSR count). The molecule has 0 atom stereocenters. The number of allylic oxidation sites excluding steroid dienone is 1. The van der Waals surface area contributed by atoms with Crippen molar-refractivity contribution in [1.82, 2.24) is 0 Å². The van der Waals surface area contributed by atoms with Crippen LogP contribution in [0.15, 0.2) is 12.2 Å². The van der Waals surface area contributed by atoms with E-state index in [9.17, 15) is 4.79 Å². The number of rotatable bonds is 2. The minimum Gasteiger partial charge on any atom is -0.466 e. The number of esters is 1. The lowest BCUT2D eigenvalue weighted by atomic mass is 10.2. The normalized spacial score (nSPS) is 10.7. The van der Waals surface area contributed by atoms with Crippen molar-refractivity contribution in [3.63, 3.8) is 0 Å². The topological polar surface area (TPSA) is 26.3 Å². The Bertz CT molecular complexity index is 114. The van der Waals surface area contributed by atoms with E-state index >= 15 is 0 Å². The van der Waals surface area contributed by atoms with Gasteiger partial charge in [0.2, 0.25) is 0 Å². The molecule has 2 nitrogen and oxygen atoms in total. The van der Waals surface area contributed by atoms with Gasteiger partial charge < -0.3 is 4.74 Å². The summed E-state index contributed by atoms with van der Waals surface area (Å²) in [4.78, 5) is 10.4. The Morgan fingerprint density at radius 2 is 2.11 bits per heavy atom.